The van der Waals surface area contributed by atoms with Crippen LogP contribution >= 0.6 is 0 Å². The van der Waals surface area contributed by atoms with E-state index in [4.69, 9.17) is 8.94 Å². The van der Waals surface area contributed by atoms with Crippen LogP contribution < -0.4 is 0 Å². The molecule has 1 aliphatic heterocycles. The lowest BCUT2D eigenvalue weighted by Crippen LogP contribution is -2.36. The Labute approximate surface area is 160 Å². The summed E-state index contributed by atoms with van der Waals surface area (Å²) >= 11 is 0. The minimum atomic E-state index is -0.0163. The lowest BCUT2D eigenvalue weighted by molar-refractivity contribution is 0.0729. The molecule has 0 radical (unpaired) electrons. The molecule has 1 aliphatic rings. The quantitative estimate of drug-likeness (QED) is 0.590. The topological polar surface area (TPSA) is 101 Å². The highest BCUT2D eigenvalue weighted by atomic mass is 16.5. The van der Waals surface area contributed by atoms with E-state index >= 15 is 0 Å². The highest BCUT2D eigenvalue weighted by Gasteiger charge is 2.27. The SMILES string of the molecule is Cc1ncc2c(c1-c1noc(-c3ccco3)n1)CCN(C(=O)c1ccc[nH]1)C2. The molecule has 0 aromatic carbocycles. The average Bonchev–Trinajstić information content (AvgIpc) is 3.49. The Bertz CT molecular complexity index is 1130. The van der Waals surface area contributed by atoms with Gasteiger partial charge in [-0.1, -0.05) is 5.16 Å². The number of nitrogens with zero attached hydrogens (tertiary/aromatic N) is 4. The summed E-state index contributed by atoms with van der Waals surface area (Å²) in [5.41, 5.74) is 4.39. The molecular weight excluding hydrogens is 358 g/mol. The van der Waals surface area contributed by atoms with Crippen molar-refractivity contribution >= 4 is 5.91 Å². The summed E-state index contributed by atoms with van der Waals surface area (Å²) in [6.45, 7) is 3.04. The summed E-state index contributed by atoms with van der Waals surface area (Å²) in [6, 6.07) is 7.15. The third kappa shape index (κ3) is 2.70. The predicted octanol–water partition coefficient (Wildman–Crippen LogP) is 3.23. The first-order valence-electron chi connectivity index (χ1n) is 8.98. The molecule has 28 heavy (non-hydrogen) atoms. The minimum absolute atomic E-state index is 0.0163. The zero-order valence-corrected chi connectivity index (χ0v) is 15.2. The highest BCUT2D eigenvalue weighted by Crippen LogP contribution is 2.32. The van der Waals surface area contributed by atoms with E-state index in [1.165, 1.54) is 0 Å². The van der Waals surface area contributed by atoms with Crippen LogP contribution in [0.2, 0.25) is 0 Å². The van der Waals surface area contributed by atoms with Gasteiger partial charge in [-0.2, -0.15) is 4.98 Å². The third-order valence-electron chi connectivity index (χ3n) is 4.96. The molecule has 140 valence electrons. The number of aromatic nitrogens is 4. The van der Waals surface area contributed by atoms with E-state index < -0.39 is 0 Å². The number of aromatic amines is 1. The predicted molar refractivity (Wildman–Crippen MR) is 99.2 cm³/mol. The zero-order valence-electron chi connectivity index (χ0n) is 15.2. The fourth-order valence-corrected chi connectivity index (χ4v) is 3.58. The second-order valence-corrected chi connectivity index (χ2v) is 6.68. The van der Waals surface area contributed by atoms with Crippen molar-refractivity contribution in [3.63, 3.8) is 0 Å². The number of carbonyl (C=O) groups excluding carboxylic acids is 1. The van der Waals surface area contributed by atoms with Crippen LogP contribution in [0.25, 0.3) is 23.0 Å². The summed E-state index contributed by atoms with van der Waals surface area (Å²) in [6.07, 6.45) is 5.84. The van der Waals surface area contributed by atoms with E-state index in [2.05, 4.69) is 20.1 Å². The summed E-state index contributed by atoms with van der Waals surface area (Å²) < 4.78 is 10.7. The van der Waals surface area contributed by atoms with Crippen LogP contribution in [0.1, 0.15) is 27.3 Å². The molecule has 0 saturated carbocycles. The van der Waals surface area contributed by atoms with Gasteiger partial charge >= 0.3 is 0 Å². The molecule has 5 rings (SSSR count). The molecule has 0 fully saturated rings. The second kappa shape index (κ2) is 6.49. The van der Waals surface area contributed by atoms with Gasteiger partial charge in [-0.3, -0.25) is 9.78 Å². The van der Waals surface area contributed by atoms with Gasteiger partial charge in [-0.15, -0.1) is 0 Å². The number of pyridine rings is 1. The van der Waals surface area contributed by atoms with Crippen LogP contribution in [0.4, 0.5) is 0 Å². The fourth-order valence-electron chi connectivity index (χ4n) is 3.58. The number of aryl methyl sites for hydroxylation is 1. The number of furan rings is 1. The van der Waals surface area contributed by atoms with Crippen molar-refractivity contribution in [2.24, 2.45) is 0 Å². The Hall–Kier alpha value is -3.68. The molecule has 4 aromatic rings. The van der Waals surface area contributed by atoms with E-state index in [1.54, 1.807) is 30.7 Å². The van der Waals surface area contributed by atoms with Gasteiger partial charge in [0.15, 0.2) is 5.76 Å². The Kier molecular flexibility index (Phi) is 3.82. The van der Waals surface area contributed by atoms with Crippen molar-refractivity contribution in [3.05, 3.63) is 65.4 Å². The van der Waals surface area contributed by atoms with Gasteiger partial charge in [0, 0.05) is 36.7 Å². The number of amides is 1. The summed E-state index contributed by atoms with van der Waals surface area (Å²) in [4.78, 5) is 26.4. The van der Waals surface area contributed by atoms with E-state index in [0.29, 0.717) is 42.7 Å². The highest BCUT2D eigenvalue weighted by molar-refractivity contribution is 5.92. The standard InChI is InChI=1S/C20H17N5O3/c1-12-17(18-23-19(28-24-18)16-5-3-9-27-16)14-6-8-25(11-13(14)10-22-12)20(26)15-4-2-7-21-15/h2-5,7,9-10,21H,6,8,11H2,1H3. The van der Waals surface area contributed by atoms with Crippen molar-refractivity contribution in [2.75, 3.05) is 6.54 Å². The van der Waals surface area contributed by atoms with E-state index in [-0.39, 0.29) is 5.91 Å². The maximum absolute atomic E-state index is 12.7. The maximum atomic E-state index is 12.7. The van der Waals surface area contributed by atoms with Gasteiger partial charge in [0.25, 0.3) is 11.8 Å². The Balaban J connectivity index is 1.49. The van der Waals surface area contributed by atoms with E-state index in [0.717, 1.165) is 22.4 Å². The molecule has 4 aromatic heterocycles. The molecule has 0 atom stereocenters. The number of nitrogens with one attached hydrogen (secondary N) is 1. The Morgan fingerprint density at radius 3 is 3.00 bits per heavy atom. The van der Waals surface area contributed by atoms with E-state index in [9.17, 15) is 4.79 Å². The first-order valence-corrected chi connectivity index (χ1v) is 8.98. The van der Waals surface area contributed by atoms with Crippen molar-refractivity contribution in [2.45, 2.75) is 19.9 Å². The van der Waals surface area contributed by atoms with Crippen LogP contribution in [0.5, 0.6) is 0 Å². The summed E-state index contributed by atoms with van der Waals surface area (Å²) in [5.74, 6) is 1.32. The number of rotatable bonds is 3. The van der Waals surface area contributed by atoms with Gasteiger partial charge in [-0.25, -0.2) is 0 Å². The molecule has 0 saturated heterocycles. The molecule has 5 heterocycles. The number of hydrogen-bond acceptors (Lipinski definition) is 6. The Morgan fingerprint density at radius 1 is 1.29 bits per heavy atom. The molecule has 1 N–H and O–H groups in total. The van der Waals surface area contributed by atoms with Gasteiger partial charge in [0.05, 0.1) is 6.26 Å². The molecule has 1 amide bonds. The fraction of sp³-hybridized carbons (Fsp3) is 0.200. The van der Waals surface area contributed by atoms with Crippen LogP contribution in [-0.4, -0.2) is 37.5 Å². The van der Waals surface area contributed by atoms with Gasteiger partial charge in [0.2, 0.25) is 5.82 Å². The summed E-state index contributed by atoms with van der Waals surface area (Å²) in [5, 5.41) is 4.13. The lowest BCUT2D eigenvalue weighted by Gasteiger charge is -2.29. The first kappa shape index (κ1) is 16.5. The average molecular weight is 375 g/mol. The number of carbonyl (C=O) groups is 1. The maximum Gasteiger partial charge on any atom is 0.293 e. The van der Waals surface area contributed by atoms with E-state index in [1.807, 2.05) is 24.1 Å². The van der Waals surface area contributed by atoms with Crippen LogP contribution in [-0.2, 0) is 13.0 Å². The van der Waals surface area contributed by atoms with Crippen LogP contribution in [0, 0.1) is 6.92 Å². The minimum Gasteiger partial charge on any atom is -0.459 e. The lowest BCUT2D eigenvalue weighted by atomic mass is 9.94. The molecule has 8 nitrogen and oxygen atoms in total. The number of fused-ring (bicyclic) bond motifs is 1. The molecule has 0 bridgehead atoms. The second-order valence-electron chi connectivity index (χ2n) is 6.68. The van der Waals surface area contributed by atoms with Crippen molar-refractivity contribution < 1.29 is 13.7 Å². The van der Waals surface area contributed by atoms with Crippen molar-refractivity contribution in [1.82, 2.24) is 25.0 Å². The molecule has 0 aliphatic carbocycles. The van der Waals surface area contributed by atoms with Crippen molar-refractivity contribution in [1.29, 1.82) is 0 Å². The Morgan fingerprint density at radius 2 is 2.21 bits per heavy atom. The van der Waals surface area contributed by atoms with Crippen LogP contribution in [0.3, 0.4) is 0 Å². The molecule has 8 heteroatoms. The van der Waals surface area contributed by atoms with Crippen LogP contribution in [0.15, 0.2) is 51.9 Å². The van der Waals surface area contributed by atoms with Crippen molar-refractivity contribution in [3.8, 4) is 23.0 Å². The zero-order chi connectivity index (χ0) is 19.1. The monoisotopic (exact) mass is 375 g/mol. The van der Waals surface area contributed by atoms with Gasteiger partial charge in [0.1, 0.15) is 5.69 Å². The third-order valence-corrected chi connectivity index (χ3v) is 4.96. The normalized spacial score (nSPS) is 13.5. The smallest absolute Gasteiger partial charge is 0.293 e. The number of hydrogen-bond donors (Lipinski definition) is 1. The molecule has 0 unspecified atom stereocenters. The molecule has 0 spiro atoms. The van der Waals surface area contributed by atoms with Gasteiger partial charge in [-0.05, 0) is 48.7 Å². The molecular formula is C20H17N5O3. The first-order chi connectivity index (χ1) is 13.7. The van der Waals surface area contributed by atoms with Gasteiger partial charge < -0.3 is 18.8 Å². The largest absolute Gasteiger partial charge is 0.459 e. The summed E-state index contributed by atoms with van der Waals surface area (Å²) in [7, 11) is 0. The number of H-pyrrole nitrogens is 1.